The molecule has 0 spiro atoms. The first-order valence-corrected chi connectivity index (χ1v) is 7.17. The molecule has 0 aromatic heterocycles. The van der Waals surface area contributed by atoms with Gasteiger partial charge >= 0.3 is 5.97 Å². The standard InChI is InChI=1S/C16H23NO3/c1-13-6-3-4-7-14(13)8-5-9-17-10-11-20-15(12-17)16(18)19-2/h3-4,6-7,15H,5,8-12H2,1-2H3/t15-/m1/s1. The Morgan fingerprint density at radius 2 is 2.25 bits per heavy atom. The van der Waals surface area contributed by atoms with Crippen LogP contribution in [0.5, 0.6) is 0 Å². The third-order valence-electron chi connectivity index (χ3n) is 3.80. The molecule has 110 valence electrons. The lowest BCUT2D eigenvalue weighted by Crippen LogP contribution is -2.46. The van der Waals surface area contributed by atoms with Crippen LogP contribution < -0.4 is 0 Å². The van der Waals surface area contributed by atoms with Crippen LogP contribution in [0.4, 0.5) is 0 Å². The fourth-order valence-corrected chi connectivity index (χ4v) is 2.56. The highest BCUT2D eigenvalue weighted by Crippen LogP contribution is 2.12. The van der Waals surface area contributed by atoms with Gasteiger partial charge in [0.25, 0.3) is 0 Å². The molecule has 4 heteroatoms. The van der Waals surface area contributed by atoms with E-state index in [1.165, 1.54) is 18.2 Å². The van der Waals surface area contributed by atoms with Gasteiger partial charge in [0.1, 0.15) is 0 Å². The average molecular weight is 277 g/mol. The summed E-state index contributed by atoms with van der Waals surface area (Å²) < 4.78 is 10.2. The number of methoxy groups -OCH3 is 1. The fourth-order valence-electron chi connectivity index (χ4n) is 2.56. The van der Waals surface area contributed by atoms with Crippen LogP contribution in [0.3, 0.4) is 0 Å². The number of ether oxygens (including phenoxy) is 2. The Kier molecular flexibility index (Phi) is 5.56. The monoisotopic (exact) mass is 277 g/mol. The summed E-state index contributed by atoms with van der Waals surface area (Å²) in [5, 5.41) is 0. The van der Waals surface area contributed by atoms with Crippen molar-refractivity contribution in [3.8, 4) is 0 Å². The number of hydrogen-bond donors (Lipinski definition) is 0. The molecule has 1 aliphatic heterocycles. The van der Waals surface area contributed by atoms with Gasteiger partial charge in [-0.3, -0.25) is 4.90 Å². The van der Waals surface area contributed by atoms with Crippen LogP contribution in [0.2, 0.25) is 0 Å². The molecule has 1 aromatic carbocycles. The number of hydrogen-bond acceptors (Lipinski definition) is 4. The van der Waals surface area contributed by atoms with E-state index in [0.717, 1.165) is 25.9 Å². The van der Waals surface area contributed by atoms with E-state index in [9.17, 15) is 4.79 Å². The minimum atomic E-state index is -0.424. The van der Waals surface area contributed by atoms with Crippen molar-refractivity contribution in [3.63, 3.8) is 0 Å². The third-order valence-corrected chi connectivity index (χ3v) is 3.80. The van der Waals surface area contributed by atoms with Crippen LogP contribution in [-0.4, -0.2) is 50.3 Å². The Morgan fingerprint density at radius 1 is 1.45 bits per heavy atom. The fraction of sp³-hybridized carbons (Fsp3) is 0.562. The molecule has 0 unspecified atom stereocenters. The van der Waals surface area contributed by atoms with Crippen molar-refractivity contribution < 1.29 is 14.3 Å². The molecule has 0 saturated carbocycles. The number of nitrogens with zero attached hydrogens (tertiary/aromatic N) is 1. The van der Waals surface area contributed by atoms with Crippen molar-refractivity contribution >= 4 is 5.97 Å². The van der Waals surface area contributed by atoms with Gasteiger partial charge in [0.2, 0.25) is 0 Å². The predicted octanol–water partition coefficient (Wildman–Crippen LogP) is 1.80. The van der Waals surface area contributed by atoms with Gasteiger partial charge in [-0.15, -0.1) is 0 Å². The highest BCUT2D eigenvalue weighted by molar-refractivity contribution is 5.74. The summed E-state index contributed by atoms with van der Waals surface area (Å²) in [6.07, 6.45) is 1.75. The van der Waals surface area contributed by atoms with Gasteiger partial charge in [0.15, 0.2) is 6.10 Å². The zero-order valence-electron chi connectivity index (χ0n) is 12.3. The number of benzene rings is 1. The van der Waals surface area contributed by atoms with E-state index >= 15 is 0 Å². The van der Waals surface area contributed by atoms with E-state index in [0.29, 0.717) is 13.2 Å². The maximum atomic E-state index is 11.5. The molecular weight excluding hydrogens is 254 g/mol. The van der Waals surface area contributed by atoms with Gasteiger partial charge in [-0.25, -0.2) is 4.79 Å². The molecule has 2 rings (SSSR count). The largest absolute Gasteiger partial charge is 0.467 e. The normalized spacial score (nSPS) is 19.8. The molecule has 1 fully saturated rings. The second-order valence-electron chi connectivity index (χ2n) is 5.21. The highest BCUT2D eigenvalue weighted by Gasteiger charge is 2.26. The van der Waals surface area contributed by atoms with Crippen LogP contribution >= 0.6 is 0 Å². The molecule has 0 radical (unpaired) electrons. The molecule has 0 N–H and O–H groups in total. The lowest BCUT2D eigenvalue weighted by molar-refractivity contribution is -0.159. The smallest absolute Gasteiger partial charge is 0.336 e. The van der Waals surface area contributed by atoms with Crippen LogP contribution in [0, 0.1) is 6.92 Å². The van der Waals surface area contributed by atoms with E-state index in [1.807, 2.05) is 0 Å². The summed E-state index contributed by atoms with van der Waals surface area (Å²) >= 11 is 0. The number of aryl methyl sites for hydroxylation is 2. The Bertz CT molecular complexity index is 447. The zero-order valence-corrected chi connectivity index (χ0v) is 12.3. The van der Waals surface area contributed by atoms with Crippen LogP contribution in [0.25, 0.3) is 0 Å². The van der Waals surface area contributed by atoms with Gasteiger partial charge in [-0.2, -0.15) is 0 Å². The van der Waals surface area contributed by atoms with E-state index in [4.69, 9.17) is 9.47 Å². The van der Waals surface area contributed by atoms with Crippen molar-refractivity contribution in [2.45, 2.75) is 25.9 Å². The van der Waals surface area contributed by atoms with Gasteiger partial charge in [0.05, 0.1) is 13.7 Å². The molecule has 0 aliphatic carbocycles. The van der Waals surface area contributed by atoms with E-state index in [-0.39, 0.29) is 5.97 Å². The topological polar surface area (TPSA) is 38.8 Å². The maximum absolute atomic E-state index is 11.5. The van der Waals surface area contributed by atoms with E-state index < -0.39 is 6.10 Å². The summed E-state index contributed by atoms with van der Waals surface area (Å²) in [6.45, 7) is 5.27. The van der Waals surface area contributed by atoms with Crippen LogP contribution in [0.15, 0.2) is 24.3 Å². The SMILES string of the molecule is COC(=O)[C@H]1CN(CCCc2ccccc2C)CCO1. The second-order valence-corrected chi connectivity index (χ2v) is 5.21. The quantitative estimate of drug-likeness (QED) is 0.769. The van der Waals surface area contributed by atoms with Crippen molar-refractivity contribution in [2.75, 3.05) is 33.4 Å². The Balaban J connectivity index is 1.77. The molecule has 1 heterocycles. The molecule has 0 bridgehead atoms. The molecule has 1 aliphatic rings. The van der Waals surface area contributed by atoms with Gasteiger partial charge in [-0.1, -0.05) is 24.3 Å². The van der Waals surface area contributed by atoms with Crippen molar-refractivity contribution in [1.29, 1.82) is 0 Å². The first-order valence-electron chi connectivity index (χ1n) is 7.17. The second kappa shape index (κ2) is 7.41. The van der Waals surface area contributed by atoms with Gasteiger partial charge < -0.3 is 9.47 Å². The Morgan fingerprint density at radius 3 is 3.00 bits per heavy atom. The summed E-state index contributed by atoms with van der Waals surface area (Å²) in [6, 6.07) is 8.50. The Labute approximate surface area is 120 Å². The van der Waals surface area contributed by atoms with E-state index in [2.05, 4.69) is 36.1 Å². The van der Waals surface area contributed by atoms with Crippen LogP contribution in [0.1, 0.15) is 17.5 Å². The van der Waals surface area contributed by atoms with Gasteiger partial charge in [0, 0.05) is 13.1 Å². The third kappa shape index (κ3) is 4.05. The minimum absolute atomic E-state index is 0.270. The summed E-state index contributed by atoms with van der Waals surface area (Å²) in [7, 11) is 1.41. The highest BCUT2D eigenvalue weighted by atomic mass is 16.6. The molecule has 20 heavy (non-hydrogen) atoms. The van der Waals surface area contributed by atoms with Crippen LogP contribution in [-0.2, 0) is 20.7 Å². The first kappa shape index (κ1) is 15.0. The van der Waals surface area contributed by atoms with Crippen molar-refractivity contribution in [1.82, 2.24) is 4.90 Å². The van der Waals surface area contributed by atoms with Crippen molar-refractivity contribution in [3.05, 3.63) is 35.4 Å². The number of carbonyl (C=O) groups is 1. The summed E-state index contributed by atoms with van der Waals surface area (Å²) in [4.78, 5) is 13.8. The minimum Gasteiger partial charge on any atom is -0.467 e. The lowest BCUT2D eigenvalue weighted by Gasteiger charge is -2.31. The molecule has 1 saturated heterocycles. The lowest BCUT2D eigenvalue weighted by atomic mass is 10.0. The predicted molar refractivity (Wildman–Crippen MR) is 77.7 cm³/mol. The number of carbonyl (C=O) groups excluding carboxylic acids is 1. The Hall–Kier alpha value is -1.39. The van der Waals surface area contributed by atoms with Gasteiger partial charge in [-0.05, 0) is 37.4 Å². The molecular formula is C16H23NO3. The number of morpholine rings is 1. The van der Waals surface area contributed by atoms with Crippen molar-refractivity contribution in [2.24, 2.45) is 0 Å². The van der Waals surface area contributed by atoms with E-state index in [1.54, 1.807) is 0 Å². The molecule has 4 nitrogen and oxygen atoms in total. The number of rotatable bonds is 5. The molecule has 1 atom stereocenters. The first-order chi connectivity index (χ1) is 9.70. The average Bonchev–Trinajstić information content (AvgIpc) is 2.49. The number of esters is 1. The summed E-state index contributed by atoms with van der Waals surface area (Å²) in [5.74, 6) is -0.270. The molecule has 0 amide bonds. The zero-order chi connectivity index (χ0) is 14.4. The summed E-state index contributed by atoms with van der Waals surface area (Å²) in [5.41, 5.74) is 2.76. The molecule has 1 aromatic rings. The maximum Gasteiger partial charge on any atom is 0.336 e.